The standard InChI is InChI=1S/C21H27N3O4S2/c1-15(2)12-23(17-10-11-30(27,28)14-17)21(26)13-24-20(25)9-8-19(22-24)16-4-6-18(29-3)7-5-16/h4-9,15,17H,10-14H2,1-3H3/t17-/m1/s1. The van der Waals surface area contributed by atoms with Gasteiger partial charge in [-0.15, -0.1) is 11.8 Å². The summed E-state index contributed by atoms with van der Waals surface area (Å²) in [4.78, 5) is 28.1. The van der Waals surface area contributed by atoms with Gasteiger partial charge in [0.05, 0.1) is 17.2 Å². The summed E-state index contributed by atoms with van der Waals surface area (Å²) in [6.45, 7) is 4.20. The lowest BCUT2D eigenvalue weighted by atomic mass is 10.1. The summed E-state index contributed by atoms with van der Waals surface area (Å²) < 4.78 is 25.0. The summed E-state index contributed by atoms with van der Waals surface area (Å²) in [6, 6.07) is 10.5. The Kier molecular flexibility index (Phi) is 7.02. The zero-order valence-corrected chi connectivity index (χ0v) is 19.1. The summed E-state index contributed by atoms with van der Waals surface area (Å²) in [7, 11) is -3.12. The molecule has 1 amide bonds. The molecule has 2 aromatic rings. The monoisotopic (exact) mass is 449 g/mol. The molecule has 7 nitrogen and oxygen atoms in total. The van der Waals surface area contributed by atoms with Crippen LogP contribution in [0, 0.1) is 5.92 Å². The Morgan fingerprint density at radius 2 is 1.93 bits per heavy atom. The number of amides is 1. The molecule has 0 bridgehead atoms. The third kappa shape index (κ3) is 5.51. The first kappa shape index (κ1) is 22.6. The highest BCUT2D eigenvalue weighted by atomic mass is 32.2. The number of benzene rings is 1. The largest absolute Gasteiger partial charge is 0.337 e. The highest BCUT2D eigenvalue weighted by Crippen LogP contribution is 2.22. The van der Waals surface area contributed by atoms with Crippen LogP contribution in [0.1, 0.15) is 20.3 Å². The van der Waals surface area contributed by atoms with E-state index in [0.717, 1.165) is 15.1 Å². The highest BCUT2D eigenvalue weighted by molar-refractivity contribution is 7.98. The molecule has 162 valence electrons. The summed E-state index contributed by atoms with van der Waals surface area (Å²) in [5.74, 6) is -0.0204. The van der Waals surface area contributed by atoms with E-state index in [9.17, 15) is 18.0 Å². The van der Waals surface area contributed by atoms with E-state index in [1.165, 1.54) is 6.07 Å². The van der Waals surface area contributed by atoms with Gasteiger partial charge >= 0.3 is 0 Å². The topological polar surface area (TPSA) is 89.3 Å². The minimum atomic E-state index is -3.12. The fraction of sp³-hybridized carbons (Fsp3) is 0.476. The zero-order valence-electron chi connectivity index (χ0n) is 17.4. The van der Waals surface area contributed by atoms with Crippen LogP contribution in [-0.4, -0.2) is 59.4 Å². The predicted molar refractivity (Wildman–Crippen MR) is 119 cm³/mol. The van der Waals surface area contributed by atoms with E-state index >= 15 is 0 Å². The number of thioether (sulfide) groups is 1. The second kappa shape index (κ2) is 9.34. The molecule has 1 aromatic heterocycles. The lowest BCUT2D eigenvalue weighted by Gasteiger charge is -2.30. The van der Waals surface area contributed by atoms with Gasteiger partial charge in [-0.3, -0.25) is 9.59 Å². The molecule has 0 saturated carbocycles. The van der Waals surface area contributed by atoms with E-state index in [1.54, 1.807) is 22.7 Å². The molecule has 0 spiro atoms. The second-order valence-electron chi connectivity index (χ2n) is 7.94. The van der Waals surface area contributed by atoms with Gasteiger partial charge in [-0.25, -0.2) is 13.1 Å². The van der Waals surface area contributed by atoms with E-state index in [0.29, 0.717) is 18.7 Å². The minimum Gasteiger partial charge on any atom is -0.337 e. The Bertz CT molecular complexity index is 1060. The van der Waals surface area contributed by atoms with Crippen LogP contribution in [0.5, 0.6) is 0 Å². The average molecular weight is 450 g/mol. The van der Waals surface area contributed by atoms with Crippen LogP contribution in [0.2, 0.25) is 0 Å². The van der Waals surface area contributed by atoms with Crippen molar-refractivity contribution in [3.8, 4) is 11.3 Å². The number of carbonyl (C=O) groups excluding carboxylic acids is 1. The van der Waals surface area contributed by atoms with Crippen molar-refractivity contribution in [2.45, 2.75) is 37.8 Å². The van der Waals surface area contributed by atoms with Crippen molar-refractivity contribution in [1.29, 1.82) is 0 Å². The molecule has 1 atom stereocenters. The van der Waals surface area contributed by atoms with Crippen molar-refractivity contribution >= 4 is 27.5 Å². The van der Waals surface area contributed by atoms with Gasteiger partial charge in [0, 0.05) is 29.1 Å². The summed E-state index contributed by atoms with van der Waals surface area (Å²) >= 11 is 1.64. The highest BCUT2D eigenvalue weighted by Gasteiger charge is 2.35. The van der Waals surface area contributed by atoms with Gasteiger partial charge in [0.2, 0.25) is 5.91 Å². The van der Waals surface area contributed by atoms with Crippen molar-refractivity contribution in [2.24, 2.45) is 5.92 Å². The van der Waals surface area contributed by atoms with Crippen LogP contribution < -0.4 is 5.56 Å². The van der Waals surface area contributed by atoms with Crippen LogP contribution in [0.4, 0.5) is 0 Å². The molecule has 0 aliphatic carbocycles. The Morgan fingerprint density at radius 1 is 1.23 bits per heavy atom. The molecule has 0 radical (unpaired) electrons. The summed E-state index contributed by atoms with van der Waals surface area (Å²) in [5, 5.41) is 4.39. The maximum absolute atomic E-state index is 13.1. The molecule has 30 heavy (non-hydrogen) atoms. The molecule has 0 unspecified atom stereocenters. The normalized spacial score (nSPS) is 17.9. The number of rotatable bonds is 7. The van der Waals surface area contributed by atoms with Crippen LogP contribution in [0.3, 0.4) is 0 Å². The molecule has 1 aliphatic rings. The maximum Gasteiger partial charge on any atom is 0.267 e. The lowest BCUT2D eigenvalue weighted by Crippen LogP contribution is -2.46. The Balaban J connectivity index is 1.83. The first-order chi connectivity index (χ1) is 14.2. The molecule has 9 heteroatoms. The number of carbonyl (C=O) groups is 1. The van der Waals surface area contributed by atoms with Crippen molar-refractivity contribution in [1.82, 2.24) is 14.7 Å². The Labute approximate surface area is 181 Å². The minimum absolute atomic E-state index is 0.0182. The molecule has 1 fully saturated rings. The fourth-order valence-electron chi connectivity index (χ4n) is 3.57. The molecular weight excluding hydrogens is 422 g/mol. The first-order valence-corrected chi connectivity index (χ1v) is 13.0. The van der Waals surface area contributed by atoms with E-state index in [-0.39, 0.29) is 41.5 Å². The molecule has 1 aliphatic heterocycles. The van der Waals surface area contributed by atoms with Gasteiger partial charge in [-0.1, -0.05) is 26.0 Å². The van der Waals surface area contributed by atoms with Crippen molar-refractivity contribution in [3.63, 3.8) is 0 Å². The van der Waals surface area contributed by atoms with Crippen LogP contribution >= 0.6 is 11.8 Å². The zero-order chi connectivity index (χ0) is 21.9. The third-order valence-corrected chi connectivity index (χ3v) is 7.56. The number of hydrogen-bond acceptors (Lipinski definition) is 6. The number of nitrogens with zero attached hydrogens (tertiary/aromatic N) is 3. The molecule has 3 rings (SSSR count). The smallest absolute Gasteiger partial charge is 0.267 e. The number of sulfone groups is 1. The van der Waals surface area contributed by atoms with Gasteiger partial charge in [0.15, 0.2) is 9.84 Å². The maximum atomic E-state index is 13.1. The lowest BCUT2D eigenvalue weighted by molar-refractivity contribution is -0.134. The SMILES string of the molecule is CSc1ccc(-c2ccc(=O)n(CC(=O)N(CC(C)C)[C@@H]3CCS(=O)(=O)C3)n2)cc1. The number of hydrogen-bond donors (Lipinski definition) is 0. The molecule has 0 N–H and O–H groups in total. The van der Waals surface area contributed by atoms with Gasteiger partial charge < -0.3 is 4.90 Å². The van der Waals surface area contributed by atoms with Crippen molar-refractivity contribution in [3.05, 3.63) is 46.8 Å². The van der Waals surface area contributed by atoms with Crippen molar-refractivity contribution < 1.29 is 13.2 Å². The fourth-order valence-corrected chi connectivity index (χ4v) is 5.70. The summed E-state index contributed by atoms with van der Waals surface area (Å²) in [6.07, 6.45) is 2.43. The van der Waals surface area contributed by atoms with E-state index in [4.69, 9.17) is 0 Å². The van der Waals surface area contributed by atoms with E-state index < -0.39 is 9.84 Å². The van der Waals surface area contributed by atoms with E-state index in [1.807, 2.05) is 44.4 Å². The first-order valence-electron chi connectivity index (χ1n) is 9.91. The van der Waals surface area contributed by atoms with Crippen LogP contribution in [0.15, 0.2) is 46.1 Å². The molecular formula is C21H27N3O4S2. The third-order valence-electron chi connectivity index (χ3n) is 5.07. The second-order valence-corrected chi connectivity index (χ2v) is 11.0. The average Bonchev–Trinajstić information content (AvgIpc) is 3.07. The molecule has 1 saturated heterocycles. The van der Waals surface area contributed by atoms with E-state index in [2.05, 4.69) is 5.10 Å². The van der Waals surface area contributed by atoms with Gasteiger partial charge in [0.1, 0.15) is 6.54 Å². The summed E-state index contributed by atoms with van der Waals surface area (Å²) in [5.41, 5.74) is 1.10. The van der Waals surface area contributed by atoms with Gasteiger partial charge in [0.25, 0.3) is 5.56 Å². The predicted octanol–water partition coefficient (Wildman–Crippen LogP) is 2.30. The Hall–Kier alpha value is -2.13. The van der Waals surface area contributed by atoms with Gasteiger partial charge in [-0.05, 0) is 36.8 Å². The molecule has 1 aromatic carbocycles. The van der Waals surface area contributed by atoms with Crippen molar-refractivity contribution in [2.75, 3.05) is 24.3 Å². The Morgan fingerprint density at radius 3 is 2.50 bits per heavy atom. The molecule has 2 heterocycles. The van der Waals surface area contributed by atoms with Crippen LogP contribution in [-0.2, 0) is 21.2 Å². The van der Waals surface area contributed by atoms with Gasteiger partial charge in [-0.2, -0.15) is 5.10 Å². The van der Waals surface area contributed by atoms with Crippen LogP contribution in [0.25, 0.3) is 11.3 Å². The number of aromatic nitrogens is 2. The quantitative estimate of drug-likeness (QED) is 0.603.